The Morgan fingerprint density at radius 3 is 2.12 bits per heavy atom. The molecule has 2 aliphatic heterocycles. The molecule has 2 aliphatic rings. The molecular formula is C25H44N8O7. The Morgan fingerprint density at radius 2 is 1.57 bits per heavy atom. The smallest absolute Gasteiger partial charge is 0.326 e. The first-order valence-corrected chi connectivity index (χ1v) is 13.7. The van der Waals surface area contributed by atoms with Crippen LogP contribution in [0.4, 0.5) is 0 Å². The van der Waals surface area contributed by atoms with Gasteiger partial charge in [-0.1, -0.05) is 13.8 Å². The highest BCUT2D eigenvalue weighted by Crippen LogP contribution is 2.26. The number of aliphatic imine (C=N–C) groups is 1. The van der Waals surface area contributed by atoms with Crippen LogP contribution in [0.15, 0.2) is 4.99 Å². The number of carboxylic acid groups (broad SMARTS) is 1. The monoisotopic (exact) mass is 568 g/mol. The van der Waals surface area contributed by atoms with Gasteiger partial charge in [-0.2, -0.15) is 0 Å². The lowest BCUT2D eigenvalue weighted by Gasteiger charge is -2.34. The predicted octanol–water partition coefficient (Wildman–Crippen LogP) is -2.56. The number of hydrogen-bond acceptors (Lipinski definition) is 8. The molecule has 226 valence electrons. The van der Waals surface area contributed by atoms with Crippen molar-refractivity contribution in [2.24, 2.45) is 28.1 Å². The Hall–Kier alpha value is -3.46. The van der Waals surface area contributed by atoms with Gasteiger partial charge in [0.1, 0.15) is 30.2 Å². The summed E-state index contributed by atoms with van der Waals surface area (Å²) >= 11 is 0. The first kappa shape index (κ1) is 32.8. The third-order valence-electron chi connectivity index (χ3n) is 7.27. The quantitative estimate of drug-likeness (QED) is 0.0695. The second kappa shape index (κ2) is 14.8. The molecule has 0 saturated carbocycles. The fourth-order valence-electron chi connectivity index (χ4n) is 4.97. The third-order valence-corrected chi connectivity index (χ3v) is 7.27. The van der Waals surface area contributed by atoms with Crippen LogP contribution in [0.2, 0.25) is 0 Å². The Kier molecular flexibility index (Phi) is 12.1. The maximum absolute atomic E-state index is 13.6. The number of aliphatic carboxylic acids is 1. The molecule has 0 radical (unpaired) electrons. The fraction of sp³-hybridized carbons (Fsp3) is 0.760. The largest absolute Gasteiger partial charge is 0.480 e. The summed E-state index contributed by atoms with van der Waals surface area (Å²) in [5.74, 6) is -3.72. The molecule has 2 saturated heterocycles. The molecule has 6 atom stereocenters. The number of aliphatic hydroxyl groups excluding tert-OH is 1. The van der Waals surface area contributed by atoms with Gasteiger partial charge in [-0.05, 0) is 51.4 Å². The van der Waals surface area contributed by atoms with E-state index in [0.717, 1.165) is 0 Å². The summed E-state index contributed by atoms with van der Waals surface area (Å²) in [5, 5.41) is 24.3. The van der Waals surface area contributed by atoms with Gasteiger partial charge in [0.15, 0.2) is 5.96 Å². The van der Waals surface area contributed by atoms with Gasteiger partial charge < -0.3 is 47.8 Å². The number of hydrogen-bond donors (Lipinski definition) is 7. The molecule has 0 aromatic heterocycles. The van der Waals surface area contributed by atoms with Crippen LogP contribution in [0, 0.1) is 5.92 Å². The van der Waals surface area contributed by atoms with Crippen molar-refractivity contribution in [3.63, 3.8) is 0 Å². The topological polar surface area (TPSA) is 247 Å². The van der Waals surface area contributed by atoms with Crippen molar-refractivity contribution in [2.45, 2.75) is 95.6 Å². The first-order chi connectivity index (χ1) is 18.8. The molecule has 40 heavy (non-hydrogen) atoms. The lowest BCUT2D eigenvalue weighted by molar-refractivity contribution is -0.149. The Bertz CT molecular complexity index is 969. The van der Waals surface area contributed by atoms with Gasteiger partial charge in [0.05, 0.1) is 6.10 Å². The van der Waals surface area contributed by atoms with E-state index < -0.39 is 65.9 Å². The van der Waals surface area contributed by atoms with Crippen molar-refractivity contribution in [1.82, 2.24) is 20.4 Å². The Labute approximate surface area is 233 Å². The molecule has 0 aromatic rings. The van der Waals surface area contributed by atoms with Gasteiger partial charge in [-0.15, -0.1) is 0 Å². The molecule has 4 amide bonds. The number of guanidine groups is 1. The molecule has 2 rings (SSSR count). The zero-order valence-electron chi connectivity index (χ0n) is 23.4. The minimum atomic E-state index is -1.21. The number of carbonyl (C=O) groups is 5. The summed E-state index contributed by atoms with van der Waals surface area (Å²) in [6.07, 6.45) is 1.19. The molecule has 0 aliphatic carbocycles. The van der Waals surface area contributed by atoms with Crippen LogP contribution in [0.1, 0.15) is 59.3 Å². The van der Waals surface area contributed by atoms with Crippen molar-refractivity contribution >= 4 is 35.6 Å². The van der Waals surface area contributed by atoms with Gasteiger partial charge in [0.25, 0.3) is 0 Å². The Morgan fingerprint density at radius 1 is 0.975 bits per heavy atom. The third kappa shape index (κ3) is 8.52. The molecule has 2 fully saturated rings. The minimum Gasteiger partial charge on any atom is -0.480 e. The van der Waals surface area contributed by atoms with Crippen LogP contribution >= 0.6 is 0 Å². The standard InChI is InChI=1S/C25H44N8O7/c1-13(2)19(31-21(36)18(26)14(3)34)23(38)33-12-6-9-17(33)22(37)32-11-5-8-16(32)20(35)30-15(24(39)40)7-4-10-29-25(27)28/h13-19,34H,4-12,26H2,1-3H3,(H,30,35)(H,31,36)(H,39,40)(H4,27,28,29)/t14-,15+,16+,17+,18+,19+/m1/s1. The van der Waals surface area contributed by atoms with Crippen molar-refractivity contribution in [3.8, 4) is 0 Å². The van der Waals surface area contributed by atoms with E-state index in [4.69, 9.17) is 17.2 Å². The van der Waals surface area contributed by atoms with Gasteiger partial charge >= 0.3 is 5.97 Å². The van der Waals surface area contributed by atoms with Crippen molar-refractivity contribution < 1.29 is 34.2 Å². The Balaban J connectivity index is 2.11. The predicted molar refractivity (Wildman–Crippen MR) is 145 cm³/mol. The van der Waals surface area contributed by atoms with Crippen LogP contribution in [0.3, 0.4) is 0 Å². The summed E-state index contributed by atoms with van der Waals surface area (Å²) in [6.45, 7) is 5.69. The van der Waals surface area contributed by atoms with E-state index in [1.807, 2.05) is 0 Å². The van der Waals surface area contributed by atoms with Gasteiger partial charge in [-0.25, -0.2) is 4.79 Å². The van der Waals surface area contributed by atoms with E-state index in [9.17, 15) is 34.2 Å². The SMILES string of the molecule is CC(C)[C@H](NC(=O)[C@@H](N)[C@@H](C)O)C(=O)N1CCC[C@H]1C(=O)N1CCC[C@H]1C(=O)N[C@@H](CCCN=C(N)N)C(=O)O. The molecule has 0 unspecified atom stereocenters. The molecule has 2 heterocycles. The van der Waals surface area contributed by atoms with Crippen molar-refractivity contribution in [3.05, 3.63) is 0 Å². The number of rotatable bonds is 13. The number of amides is 4. The summed E-state index contributed by atoms with van der Waals surface area (Å²) in [7, 11) is 0. The van der Waals surface area contributed by atoms with Crippen LogP contribution in [-0.2, 0) is 24.0 Å². The number of likely N-dealkylation sites (tertiary alicyclic amines) is 2. The van der Waals surface area contributed by atoms with E-state index in [2.05, 4.69) is 15.6 Å². The zero-order valence-corrected chi connectivity index (χ0v) is 23.4. The van der Waals surface area contributed by atoms with Gasteiger partial charge in [-0.3, -0.25) is 24.2 Å². The summed E-state index contributed by atoms with van der Waals surface area (Å²) in [6, 6.07) is -5.03. The first-order valence-electron chi connectivity index (χ1n) is 13.7. The molecule has 0 bridgehead atoms. The van der Waals surface area contributed by atoms with Gasteiger partial charge in [0, 0.05) is 19.6 Å². The number of aliphatic hydroxyl groups is 1. The molecule has 0 spiro atoms. The summed E-state index contributed by atoms with van der Waals surface area (Å²) in [5.41, 5.74) is 16.3. The maximum atomic E-state index is 13.6. The summed E-state index contributed by atoms with van der Waals surface area (Å²) in [4.78, 5) is 71.1. The maximum Gasteiger partial charge on any atom is 0.326 e. The highest BCUT2D eigenvalue weighted by Gasteiger charge is 2.44. The average Bonchev–Trinajstić information content (AvgIpc) is 3.57. The molecule has 10 N–H and O–H groups in total. The summed E-state index contributed by atoms with van der Waals surface area (Å²) < 4.78 is 0. The average molecular weight is 569 g/mol. The number of carboxylic acids is 1. The lowest BCUT2D eigenvalue weighted by Crippen LogP contribution is -2.59. The number of nitrogens with zero attached hydrogens (tertiary/aromatic N) is 3. The van der Waals surface area contributed by atoms with Crippen LogP contribution in [-0.4, -0.2) is 112 Å². The van der Waals surface area contributed by atoms with E-state index in [1.165, 1.54) is 16.7 Å². The van der Waals surface area contributed by atoms with Gasteiger partial charge in [0.2, 0.25) is 23.6 Å². The van der Waals surface area contributed by atoms with Crippen molar-refractivity contribution in [2.75, 3.05) is 19.6 Å². The molecular weight excluding hydrogens is 524 g/mol. The second-order valence-electron chi connectivity index (χ2n) is 10.7. The molecule has 15 nitrogen and oxygen atoms in total. The molecule has 15 heteroatoms. The molecule has 0 aromatic carbocycles. The lowest BCUT2D eigenvalue weighted by atomic mass is 10.0. The van der Waals surface area contributed by atoms with Crippen LogP contribution < -0.4 is 27.8 Å². The second-order valence-corrected chi connectivity index (χ2v) is 10.7. The van der Waals surface area contributed by atoms with E-state index in [-0.39, 0.29) is 24.8 Å². The fourth-order valence-corrected chi connectivity index (χ4v) is 4.97. The van der Waals surface area contributed by atoms with E-state index >= 15 is 0 Å². The highest BCUT2D eigenvalue weighted by molar-refractivity contribution is 5.96. The number of carbonyl (C=O) groups excluding carboxylic acids is 4. The van der Waals surface area contributed by atoms with Crippen LogP contribution in [0.5, 0.6) is 0 Å². The normalized spacial score (nSPS) is 21.9. The number of nitrogens with two attached hydrogens (primary N) is 3. The van der Waals surface area contributed by atoms with E-state index in [0.29, 0.717) is 45.2 Å². The number of nitrogens with one attached hydrogen (secondary N) is 2. The highest BCUT2D eigenvalue weighted by atomic mass is 16.4. The zero-order chi connectivity index (χ0) is 30.1. The minimum absolute atomic E-state index is 0.102. The van der Waals surface area contributed by atoms with Crippen LogP contribution in [0.25, 0.3) is 0 Å². The van der Waals surface area contributed by atoms with Crippen molar-refractivity contribution in [1.29, 1.82) is 0 Å². The van der Waals surface area contributed by atoms with E-state index in [1.54, 1.807) is 13.8 Å².